The summed E-state index contributed by atoms with van der Waals surface area (Å²) >= 11 is 1.91. The van der Waals surface area contributed by atoms with E-state index in [1.807, 2.05) is 27.2 Å². The molecule has 0 unspecified atom stereocenters. The van der Waals surface area contributed by atoms with Crippen molar-refractivity contribution in [3.63, 3.8) is 0 Å². The van der Waals surface area contributed by atoms with Gasteiger partial charge >= 0.3 is 0 Å². The molecule has 4 rings (SSSR count). The van der Waals surface area contributed by atoms with E-state index in [1.165, 1.54) is 32.1 Å². The molecule has 2 aliphatic rings. The van der Waals surface area contributed by atoms with Gasteiger partial charge in [-0.15, -0.1) is 0 Å². The maximum atomic E-state index is 12.9. The molecule has 1 aliphatic carbocycles. The normalized spacial score (nSPS) is 19.1. The van der Waals surface area contributed by atoms with Crippen LogP contribution in [0.15, 0.2) is 12.1 Å². The van der Waals surface area contributed by atoms with Crippen LogP contribution in [0.25, 0.3) is 5.65 Å². The summed E-state index contributed by atoms with van der Waals surface area (Å²) < 4.78 is 1.89. The van der Waals surface area contributed by atoms with E-state index in [2.05, 4.69) is 25.0 Å². The van der Waals surface area contributed by atoms with E-state index in [0.717, 1.165) is 54.0 Å². The molecule has 0 aromatic carbocycles. The minimum absolute atomic E-state index is 0.0457. The quantitative estimate of drug-likeness (QED) is 0.791. The third-order valence-electron chi connectivity index (χ3n) is 5.84. The van der Waals surface area contributed by atoms with Gasteiger partial charge in [0.05, 0.1) is 0 Å². The summed E-state index contributed by atoms with van der Waals surface area (Å²) in [5, 5.41) is 4.65. The Morgan fingerprint density at radius 3 is 2.63 bits per heavy atom. The number of amides is 1. The lowest BCUT2D eigenvalue weighted by molar-refractivity contribution is 0.0766. The van der Waals surface area contributed by atoms with Crippen LogP contribution in [0.2, 0.25) is 0 Å². The average molecular weight is 387 g/mol. The van der Waals surface area contributed by atoms with Gasteiger partial charge in [0.25, 0.3) is 5.91 Å². The van der Waals surface area contributed by atoms with Gasteiger partial charge in [-0.05, 0) is 24.3 Å². The zero-order chi connectivity index (χ0) is 18.8. The molecule has 1 aliphatic heterocycles. The first-order chi connectivity index (χ1) is 13.1. The molecule has 5 nitrogen and oxygen atoms in total. The monoisotopic (exact) mass is 386 g/mol. The number of nitrogens with zero attached hydrogens (tertiary/aromatic N) is 4. The van der Waals surface area contributed by atoms with Gasteiger partial charge in [0, 0.05) is 42.0 Å². The van der Waals surface area contributed by atoms with Gasteiger partial charge in [-0.25, -0.2) is 9.50 Å². The largest absolute Gasteiger partial charge is 0.336 e. The predicted molar refractivity (Wildman–Crippen MR) is 111 cm³/mol. The number of rotatable bonds is 4. The maximum Gasteiger partial charge on any atom is 0.274 e. The van der Waals surface area contributed by atoms with Crippen molar-refractivity contribution in [3.05, 3.63) is 29.2 Å². The topological polar surface area (TPSA) is 50.5 Å². The third-order valence-corrected chi connectivity index (χ3v) is 6.78. The number of fused-ring (bicyclic) bond motifs is 1. The Kier molecular flexibility index (Phi) is 5.71. The minimum atomic E-state index is 0.0457. The minimum Gasteiger partial charge on any atom is -0.336 e. The molecule has 1 amide bonds. The van der Waals surface area contributed by atoms with Gasteiger partial charge in [-0.2, -0.15) is 16.9 Å². The molecular formula is C21H30N4OS. The van der Waals surface area contributed by atoms with Crippen molar-refractivity contribution in [2.75, 3.05) is 24.6 Å². The van der Waals surface area contributed by atoms with Gasteiger partial charge in [0.2, 0.25) is 0 Å². The van der Waals surface area contributed by atoms with E-state index in [0.29, 0.717) is 11.6 Å². The van der Waals surface area contributed by atoms with E-state index < -0.39 is 0 Å². The molecule has 0 bridgehead atoms. The summed E-state index contributed by atoms with van der Waals surface area (Å²) in [4.78, 5) is 19.7. The van der Waals surface area contributed by atoms with Crippen LogP contribution in [0, 0.1) is 5.92 Å². The molecular weight excluding hydrogens is 356 g/mol. The summed E-state index contributed by atoms with van der Waals surface area (Å²) in [5.41, 5.74) is 3.67. The van der Waals surface area contributed by atoms with Crippen LogP contribution in [0.5, 0.6) is 0 Å². The summed E-state index contributed by atoms with van der Waals surface area (Å²) in [6.45, 7) is 6.00. The fraction of sp³-hybridized carbons (Fsp3) is 0.667. The lowest BCUT2D eigenvalue weighted by Gasteiger charge is -2.25. The van der Waals surface area contributed by atoms with E-state index in [4.69, 9.17) is 4.98 Å². The lowest BCUT2D eigenvalue weighted by atomic mass is 9.86. The van der Waals surface area contributed by atoms with Gasteiger partial charge in [-0.1, -0.05) is 46.0 Å². The summed E-state index contributed by atoms with van der Waals surface area (Å²) in [6.07, 6.45) is 7.77. The maximum absolute atomic E-state index is 12.9. The van der Waals surface area contributed by atoms with Crippen molar-refractivity contribution < 1.29 is 4.79 Å². The molecule has 0 N–H and O–H groups in total. The van der Waals surface area contributed by atoms with Crippen LogP contribution < -0.4 is 0 Å². The van der Waals surface area contributed by atoms with E-state index in [1.54, 1.807) is 0 Å². The second-order valence-corrected chi connectivity index (χ2v) is 9.46. The van der Waals surface area contributed by atoms with E-state index >= 15 is 0 Å². The number of carbonyl (C=O) groups is 1. The van der Waals surface area contributed by atoms with Gasteiger partial charge in [0.1, 0.15) is 0 Å². The Labute approximate surface area is 165 Å². The zero-order valence-electron chi connectivity index (χ0n) is 16.5. The highest BCUT2D eigenvalue weighted by Gasteiger charge is 2.23. The molecule has 6 heteroatoms. The van der Waals surface area contributed by atoms with Crippen molar-refractivity contribution in [2.24, 2.45) is 5.92 Å². The third kappa shape index (κ3) is 4.15. The van der Waals surface area contributed by atoms with Crippen LogP contribution in [0.1, 0.15) is 73.7 Å². The number of hydrogen-bond donors (Lipinski definition) is 0. The average Bonchev–Trinajstić information content (AvgIpc) is 3.12. The Balaban J connectivity index is 1.64. The fourth-order valence-corrected chi connectivity index (χ4v) is 5.19. The molecule has 1 saturated carbocycles. The Morgan fingerprint density at radius 2 is 1.93 bits per heavy atom. The Bertz CT molecular complexity index is 804. The second kappa shape index (κ2) is 8.21. The Morgan fingerprint density at radius 1 is 1.19 bits per heavy atom. The van der Waals surface area contributed by atoms with Crippen LogP contribution in [0.3, 0.4) is 0 Å². The molecule has 27 heavy (non-hydrogen) atoms. The van der Waals surface area contributed by atoms with Crippen LogP contribution >= 0.6 is 11.8 Å². The highest BCUT2D eigenvalue weighted by Crippen LogP contribution is 2.28. The summed E-state index contributed by atoms with van der Waals surface area (Å²) in [6, 6.07) is 4.10. The van der Waals surface area contributed by atoms with Crippen LogP contribution in [-0.2, 0) is 6.42 Å². The SMILES string of the molecule is CC(C)c1cc(CC2CCCCC2)nc2cc(C(=O)N3CCSCC3)nn12. The highest BCUT2D eigenvalue weighted by atomic mass is 32.2. The molecule has 0 atom stereocenters. The molecule has 146 valence electrons. The first-order valence-electron chi connectivity index (χ1n) is 10.4. The molecule has 1 saturated heterocycles. The first kappa shape index (κ1) is 18.8. The van der Waals surface area contributed by atoms with Crippen LogP contribution in [-0.4, -0.2) is 50.0 Å². The number of hydrogen-bond acceptors (Lipinski definition) is 4. The molecule has 0 spiro atoms. The lowest BCUT2D eigenvalue weighted by Crippen LogP contribution is -2.38. The van der Waals surface area contributed by atoms with E-state index in [-0.39, 0.29) is 5.91 Å². The molecule has 2 aromatic rings. The summed E-state index contributed by atoms with van der Waals surface area (Å²) in [5.74, 6) is 3.17. The highest BCUT2D eigenvalue weighted by molar-refractivity contribution is 7.99. The molecule has 3 heterocycles. The van der Waals surface area contributed by atoms with Gasteiger partial charge in [-0.3, -0.25) is 4.79 Å². The van der Waals surface area contributed by atoms with E-state index in [9.17, 15) is 4.79 Å². The second-order valence-electron chi connectivity index (χ2n) is 8.24. The molecule has 0 radical (unpaired) electrons. The zero-order valence-corrected chi connectivity index (χ0v) is 17.3. The number of aromatic nitrogens is 3. The summed E-state index contributed by atoms with van der Waals surface area (Å²) in [7, 11) is 0. The predicted octanol–water partition coefficient (Wildman–Crippen LogP) is 4.16. The Hall–Kier alpha value is -1.56. The molecule has 2 aromatic heterocycles. The smallest absolute Gasteiger partial charge is 0.274 e. The standard InChI is InChI=1S/C21H30N4OS/c1-15(2)19-13-17(12-16-6-4-3-5-7-16)22-20-14-18(23-25(19)20)21(26)24-8-10-27-11-9-24/h13-16H,3-12H2,1-2H3. The fourth-order valence-electron chi connectivity index (χ4n) is 4.29. The van der Waals surface area contributed by atoms with Crippen LogP contribution in [0.4, 0.5) is 0 Å². The van der Waals surface area contributed by atoms with Gasteiger partial charge in [0.15, 0.2) is 11.3 Å². The first-order valence-corrected chi connectivity index (χ1v) is 11.5. The number of carbonyl (C=O) groups excluding carboxylic acids is 1. The van der Waals surface area contributed by atoms with Gasteiger partial charge < -0.3 is 4.90 Å². The van der Waals surface area contributed by atoms with Crippen molar-refractivity contribution in [1.82, 2.24) is 19.5 Å². The number of thioether (sulfide) groups is 1. The van der Waals surface area contributed by atoms with Crippen molar-refractivity contribution in [1.29, 1.82) is 0 Å². The van der Waals surface area contributed by atoms with Crippen molar-refractivity contribution in [2.45, 2.75) is 58.3 Å². The van der Waals surface area contributed by atoms with Crippen molar-refractivity contribution >= 4 is 23.3 Å². The molecule has 2 fully saturated rings. The van der Waals surface area contributed by atoms with Crippen molar-refractivity contribution in [3.8, 4) is 0 Å².